The van der Waals surface area contributed by atoms with Crippen LogP contribution in [-0.2, 0) is 5.88 Å². The molecular weight excluding hydrogens is 225 g/mol. The van der Waals surface area contributed by atoms with Crippen LogP contribution in [0.2, 0.25) is 0 Å². The molecule has 0 atom stereocenters. The van der Waals surface area contributed by atoms with Crippen LogP contribution in [0.5, 0.6) is 0 Å². The van der Waals surface area contributed by atoms with E-state index >= 15 is 0 Å². The summed E-state index contributed by atoms with van der Waals surface area (Å²) in [6.07, 6.45) is 3.86. The molecule has 1 aliphatic rings. The van der Waals surface area contributed by atoms with Crippen LogP contribution in [0.15, 0.2) is 18.2 Å². The van der Waals surface area contributed by atoms with Crippen LogP contribution in [0.4, 0.5) is 10.1 Å². The minimum absolute atomic E-state index is 0.167. The number of nitrogens with zero attached hydrogens (tertiary/aromatic N) is 1. The number of rotatable bonds is 4. The molecule has 1 saturated carbocycles. The summed E-state index contributed by atoms with van der Waals surface area (Å²) in [7, 11) is 1.95. The average Bonchev–Trinajstić information content (AvgIpc) is 2.22. The molecule has 0 aromatic heterocycles. The van der Waals surface area contributed by atoms with Crippen molar-refractivity contribution in [3.63, 3.8) is 0 Å². The molecule has 1 nitrogen and oxygen atoms in total. The molecule has 0 heterocycles. The van der Waals surface area contributed by atoms with E-state index in [-0.39, 0.29) is 5.82 Å². The Balaban J connectivity index is 2.16. The second-order valence-electron chi connectivity index (χ2n) is 4.56. The molecule has 0 aliphatic heterocycles. The molecule has 0 radical (unpaired) electrons. The SMILES string of the molecule is CN(CC1CCC1)c1c(F)cccc1CCl. The fraction of sp³-hybridized carbons (Fsp3) is 0.538. The predicted molar refractivity (Wildman–Crippen MR) is 66.6 cm³/mol. The maximum absolute atomic E-state index is 13.8. The van der Waals surface area contributed by atoms with Gasteiger partial charge in [0.1, 0.15) is 5.82 Å². The lowest BCUT2D eigenvalue weighted by molar-refractivity contribution is 0.320. The maximum Gasteiger partial charge on any atom is 0.146 e. The van der Waals surface area contributed by atoms with E-state index in [1.165, 1.54) is 25.3 Å². The van der Waals surface area contributed by atoms with Gasteiger partial charge in [-0.05, 0) is 30.4 Å². The van der Waals surface area contributed by atoms with Crippen LogP contribution in [0, 0.1) is 11.7 Å². The van der Waals surface area contributed by atoms with Gasteiger partial charge >= 0.3 is 0 Å². The van der Waals surface area contributed by atoms with Crippen LogP contribution in [-0.4, -0.2) is 13.6 Å². The normalized spacial score (nSPS) is 15.9. The molecule has 3 heteroatoms. The lowest BCUT2D eigenvalue weighted by Crippen LogP contribution is -2.30. The van der Waals surface area contributed by atoms with Gasteiger partial charge in [-0.15, -0.1) is 11.6 Å². The standard InChI is InChI=1S/C13H17ClFN/c1-16(9-10-4-2-5-10)13-11(8-14)6-3-7-12(13)15/h3,6-7,10H,2,4-5,8-9H2,1H3. The van der Waals surface area contributed by atoms with Gasteiger partial charge in [-0.3, -0.25) is 0 Å². The lowest BCUT2D eigenvalue weighted by atomic mass is 9.85. The molecule has 0 N–H and O–H groups in total. The molecule has 0 saturated heterocycles. The average molecular weight is 242 g/mol. The Labute approximate surface area is 101 Å². The van der Waals surface area contributed by atoms with E-state index < -0.39 is 0 Å². The molecule has 2 rings (SSSR count). The molecule has 16 heavy (non-hydrogen) atoms. The van der Waals surface area contributed by atoms with Gasteiger partial charge in [-0.25, -0.2) is 4.39 Å². The number of hydrogen-bond donors (Lipinski definition) is 0. The quantitative estimate of drug-likeness (QED) is 0.725. The smallest absolute Gasteiger partial charge is 0.146 e. The van der Waals surface area contributed by atoms with Gasteiger partial charge < -0.3 is 4.90 Å². The van der Waals surface area contributed by atoms with E-state index in [2.05, 4.69) is 0 Å². The number of halogens is 2. The minimum Gasteiger partial charge on any atom is -0.372 e. The Bertz CT molecular complexity index is 363. The van der Waals surface area contributed by atoms with Crippen molar-refractivity contribution in [3.05, 3.63) is 29.6 Å². The number of alkyl halides is 1. The summed E-state index contributed by atoms with van der Waals surface area (Å²) in [5, 5.41) is 0. The van der Waals surface area contributed by atoms with Crippen molar-refractivity contribution in [2.45, 2.75) is 25.1 Å². The van der Waals surface area contributed by atoms with E-state index in [1.807, 2.05) is 18.0 Å². The lowest BCUT2D eigenvalue weighted by Gasteiger charge is -2.32. The number of hydrogen-bond acceptors (Lipinski definition) is 1. The molecule has 1 fully saturated rings. The minimum atomic E-state index is -0.167. The molecule has 0 bridgehead atoms. The van der Waals surface area contributed by atoms with Gasteiger partial charge in [0.15, 0.2) is 0 Å². The van der Waals surface area contributed by atoms with Crippen molar-refractivity contribution in [3.8, 4) is 0 Å². The maximum atomic E-state index is 13.8. The Morgan fingerprint density at radius 3 is 2.75 bits per heavy atom. The topological polar surface area (TPSA) is 3.24 Å². The summed E-state index contributed by atoms with van der Waals surface area (Å²) in [6.45, 7) is 0.935. The largest absolute Gasteiger partial charge is 0.372 e. The first kappa shape index (κ1) is 11.7. The van der Waals surface area contributed by atoms with Crippen molar-refractivity contribution >= 4 is 17.3 Å². The van der Waals surface area contributed by atoms with Crippen LogP contribution >= 0.6 is 11.6 Å². The molecular formula is C13H17ClFN. The number of para-hydroxylation sites is 1. The van der Waals surface area contributed by atoms with E-state index in [9.17, 15) is 4.39 Å². The fourth-order valence-corrected chi connectivity index (χ4v) is 2.46. The van der Waals surface area contributed by atoms with Crippen LogP contribution < -0.4 is 4.90 Å². The zero-order valence-corrected chi connectivity index (χ0v) is 10.3. The molecule has 1 aromatic rings. The molecule has 0 spiro atoms. The Morgan fingerprint density at radius 1 is 1.44 bits per heavy atom. The summed E-state index contributed by atoms with van der Waals surface area (Å²) in [5.41, 5.74) is 1.55. The molecule has 0 unspecified atom stereocenters. The Kier molecular flexibility index (Phi) is 3.70. The zero-order valence-electron chi connectivity index (χ0n) is 9.55. The van der Waals surface area contributed by atoms with Crippen LogP contribution in [0.3, 0.4) is 0 Å². The monoisotopic (exact) mass is 241 g/mol. The first-order valence-corrected chi connectivity index (χ1v) is 6.30. The summed E-state index contributed by atoms with van der Waals surface area (Å²) in [4.78, 5) is 2.01. The van der Waals surface area contributed by atoms with Crippen molar-refractivity contribution < 1.29 is 4.39 Å². The third kappa shape index (κ3) is 2.32. The van der Waals surface area contributed by atoms with E-state index in [0.29, 0.717) is 11.6 Å². The van der Waals surface area contributed by atoms with Crippen LogP contribution in [0.1, 0.15) is 24.8 Å². The fourth-order valence-electron chi connectivity index (χ4n) is 2.25. The third-order valence-corrected chi connectivity index (χ3v) is 3.64. The second-order valence-corrected chi connectivity index (χ2v) is 4.83. The Hall–Kier alpha value is -0.760. The highest BCUT2D eigenvalue weighted by Gasteiger charge is 2.21. The van der Waals surface area contributed by atoms with Gasteiger partial charge in [-0.1, -0.05) is 18.6 Å². The van der Waals surface area contributed by atoms with Crippen LogP contribution in [0.25, 0.3) is 0 Å². The molecule has 88 valence electrons. The van der Waals surface area contributed by atoms with Crippen molar-refractivity contribution in [2.24, 2.45) is 5.92 Å². The first-order chi connectivity index (χ1) is 7.72. The summed E-state index contributed by atoms with van der Waals surface area (Å²) < 4.78 is 13.8. The molecule has 1 aliphatic carbocycles. The first-order valence-electron chi connectivity index (χ1n) is 5.77. The van der Waals surface area contributed by atoms with E-state index in [1.54, 1.807) is 6.07 Å². The predicted octanol–water partition coefficient (Wildman–Crippen LogP) is 3.80. The summed E-state index contributed by atoms with van der Waals surface area (Å²) in [5.74, 6) is 0.926. The third-order valence-electron chi connectivity index (χ3n) is 3.35. The summed E-state index contributed by atoms with van der Waals surface area (Å²) >= 11 is 5.84. The van der Waals surface area contributed by atoms with Crippen molar-refractivity contribution in [2.75, 3.05) is 18.5 Å². The number of anilines is 1. The second kappa shape index (κ2) is 5.05. The van der Waals surface area contributed by atoms with Crippen molar-refractivity contribution in [1.82, 2.24) is 0 Å². The van der Waals surface area contributed by atoms with E-state index in [4.69, 9.17) is 11.6 Å². The highest BCUT2D eigenvalue weighted by molar-refractivity contribution is 6.17. The van der Waals surface area contributed by atoms with Gasteiger partial charge in [0.05, 0.1) is 5.69 Å². The Morgan fingerprint density at radius 2 is 2.19 bits per heavy atom. The van der Waals surface area contributed by atoms with Gasteiger partial charge in [0, 0.05) is 19.5 Å². The number of benzene rings is 1. The van der Waals surface area contributed by atoms with E-state index in [0.717, 1.165) is 18.0 Å². The van der Waals surface area contributed by atoms with Gasteiger partial charge in [0.25, 0.3) is 0 Å². The molecule has 0 amide bonds. The van der Waals surface area contributed by atoms with Crippen molar-refractivity contribution in [1.29, 1.82) is 0 Å². The van der Waals surface area contributed by atoms with Gasteiger partial charge in [0.2, 0.25) is 0 Å². The van der Waals surface area contributed by atoms with Gasteiger partial charge in [-0.2, -0.15) is 0 Å². The highest BCUT2D eigenvalue weighted by Crippen LogP contribution is 2.31. The zero-order chi connectivity index (χ0) is 11.5. The molecule has 1 aromatic carbocycles. The highest BCUT2D eigenvalue weighted by atomic mass is 35.5. The summed E-state index contributed by atoms with van der Waals surface area (Å²) in [6, 6.07) is 5.11.